The fraction of sp³-hybridized carbons (Fsp3) is 0.357. The van der Waals surface area contributed by atoms with Crippen LogP contribution < -0.4 is 4.74 Å². The van der Waals surface area contributed by atoms with E-state index < -0.39 is 6.10 Å². The molecule has 5 heteroatoms. The molecule has 0 aliphatic heterocycles. The fourth-order valence-corrected chi connectivity index (χ4v) is 2.07. The summed E-state index contributed by atoms with van der Waals surface area (Å²) in [5.41, 5.74) is 2.28. The number of hydrogen-bond acceptors (Lipinski definition) is 3. The van der Waals surface area contributed by atoms with Gasteiger partial charge in [0.25, 0.3) is 0 Å². The smallest absolute Gasteiger partial charge is 0.119 e. The van der Waals surface area contributed by atoms with Gasteiger partial charge in [0.2, 0.25) is 0 Å². The summed E-state index contributed by atoms with van der Waals surface area (Å²) in [5.74, 6) is 0.773. The number of aromatic nitrogens is 2. The molecule has 0 radical (unpaired) electrons. The van der Waals surface area contributed by atoms with Crippen LogP contribution >= 0.6 is 11.6 Å². The lowest BCUT2D eigenvalue weighted by Gasteiger charge is -2.13. The zero-order chi connectivity index (χ0) is 13.8. The van der Waals surface area contributed by atoms with Gasteiger partial charge in [-0.1, -0.05) is 17.7 Å². The molecule has 0 amide bonds. The summed E-state index contributed by atoms with van der Waals surface area (Å²) in [6.07, 6.45) is 2.58. The summed E-state index contributed by atoms with van der Waals surface area (Å²) in [7, 11) is 0. The van der Waals surface area contributed by atoms with Crippen LogP contribution in [0.1, 0.15) is 11.1 Å². The van der Waals surface area contributed by atoms with Crippen LogP contribution in [-0.2, 0) is 6.54 Å². The summed E-state index contributed by atoms with van der Waals surface area (Å²) >= 11 is 5.76. The molecule has 1 atom stereocenters. The van der Waals surface area contributed by atoms with Crippen LogP contribution in [0.5, 0.6) is 5.75 Å². The molecule has 2 aromatic rings. The van der Waals surface area contributed by atoms with E-state index in [1.54, 1.807) is 17.1 Å². The lowest BCUT2D eigenvalue weighted by Crippen LogP contribution is -2.23. The third-order valence-electron chi connectivity index (χ3n) is 2.64. The van der Waals surface area contributed by atoms with Gasteiger partial charge in [-0.2, -0.15) is 5.10 Å². The average Bonchev–Trinajstić information content (AvgIpc) is 2.71. The van der Waals surface area contributed by atoms with Gasteiger partial charge >= 0.3 is 0 Å². The van der Waals surface area contributed by atoms with Crippen LogP contribution in [0.15, 0.2) is 30.6 Å². The molecule has 1 aromatic heterocycles. The Kier molecular flexibility index (Phi) is 4.45. The zero-order valence-electron chi connectivity index (χ0n) is 11.0. The highest BCUT2D eigenvalue weighted by Crippen LogP contribution is 2.16. The molecule has 0 aliphatic rings. The number of ether oxygens (including phenoxy) is 1. The maximum atomic E-state index is 9.88. The lowest BCUT2D eigenvalue weighted by molar-refractivity contribution is 0.0893. The molecule has 1 heterocycles. The van der Waals surface area contributed by atoms with E-state index in [0.29, 0.717) is 11.6 Å². The number of hydrogen-bond donors (Lipinski definition) is 1. The standard InChI is InChI=1S/C14H17ClN2O2/c1-10-3-11(2)5-14(4-10)19-9-13(18)8-17-7-12(15)6-16-17/h3-7,13,18H,8-9H2,1-2H3. The predicted molar refractivity (Wildman–Crippen MR) is 74.7 cm³/mol. The minimum absolute atomic E-state index is 0.223. The Balaban J connectivity index is 1.87. The molecule has 0 saturated carbocycles. The second-order valence-corrected chi connectivity index (χ2v) is 5.11. The summed E-state index contributed by atoms with van der Waals surface area (Å²) in [4.78, 5) is 0. The number of benzene rings is 1. The molecule has 0 saturated heterocycles. The largest absolute Gasteiger partial charge is 0.491 e. The van der Waals surface area contributed by atoms with Crippen LogP contribution in [0.2, 0.25) is 5.02 Å². The van der Waals surface area contributed by atoms with Gasteiger partial charge < -0.3 is 9.84 Å². The molecule has 0 bridgehead atoms. The number of aryl methyl sites for hydroxylation is 2. The highest BCUT2D eigenvalue weighted by atomic mass is 35.5. The van der Waals surface area contributed by atoms with Gasteiger partial charge in [-0.3, -0.25) is 4.68 Å². The van der Waals surface area contributed by atoms with Crippen molar-refractivity contribution in [2.24, 2.45) is 0 Å². The van der Waals surface area contributed by atoms with Crippen LogP contribution in [0.3, 0.4) is 0 Å². The van der Waals surface area contributed by atoms with Crippen LogP contribution in [0.25, 0.3) is 0 Å². The van der Waals surface area contributed by atoms with E-state index in [4.69, 9.17) is 16.3 Å². The van der Waals surface area contributed by atoms with Crippen molar-refractivity contribution in [3.8, 4) is 5.75 Å². The highest BCUT2D eigenvalue weighted by Gasteiger charge is 2.08. The van der Waals surface area contributed by atoms with E-state index in [2.05, 4.69) is 11.2 Å². The number of aliphatic hydroxyl groups is 1. The molecular weight excluding hydrogens is 264 g/mol. The quantitative estimate of drug-likeness (QED) is 0.916. The number of nitrogens with zero attached hydrogens (tertiary/aromatic N) is 2. The van der Waals surface area contributed by atoms with Crippen molar-refractivity contribution in [2.75, 3.05) is 6.61 Å². The van der Waals surface area contributed by atoms with Crippen molar-refractivity contribution < 1.29 is 9.84 Å². The predicted octanol–water partition coefficient (Wildman–Crippen LogP) is 2.59. The van der Waals surface area contributed by atoms with Gasteiger partial charge in [0, 0.05) is 6.20 Å². The van der Waals surface area contributed by atoms with Gasteiger partial charge in [0.1, 0.15) is 18.5 Å². The van der Waals surface area contributed by atoms with Crippen LogP contribution in [0.4, 0.5) is 0 Å². The van der Waals surface area contributed by atoms with Crippen molar-refractivity contribution >= 4 is 11.6 Å². The molecule has 0 spiro atoms. The molecule has 1 aromatic carbocycles. The van der Waals surface area contributed by atoms with Gasteiger partial charge in [0.15, 0.2) is 0 Å². The Labute approximate surface area is 117 Å². The molecule has 1 unspecified atom stereocenters. The fourth-order valence-electron chi connectivity index (χ4n) is 1.92. The van der Waals surface area contributed by atoms with Crippen molar-refractivity contribution in [1.29, 1.82) is 0 Å². The SMILES string of the molecule is Cc1cc(C)cc(OCC(O)Cn2cc(Cl)cn2)c1. The molecule has 1 N–H and O–H groups in total. The summed E-state index contributed by atoms with van der Waals surface area (Å²) < 4.78 is 7.18. The second kappa shape index (κ2) is 6.08. The molecule has 0 fully saturated rings. The number of halogens is 1. The Morgan fingerprint density at radius 2 is 2.00 bits per heavy atom. The molecule has 2 rings (SSSR count). The topological polar surface area (TPSA) is 47.3 Å². The molecular formula is C14H17ClN2O2. The van der Waals surface area contributed by atoms with Gasteiger partial charge in [-0.05, 0) is 37.1 Å². The molecule has 4 nitrogen and oxygen atoms in total. The van der Waals surface area contributed by atoms with E-state index in [1.165, 1.54) is 0 Å². The first-order valence-electron chi connectivity index (χ1n) is 6.10. The highest BCUT2D eigenvalue weighted by molar-refractivity contribution is 6.30. The van der Waals surface area contributed by atoms with Gasteiger partial charge in [0.05, 0.1) is 17.8 Å². The van der Waals surface area contributed by atoms with Crippen LogP contribution in [0, 0.1) is 13.8 Å². The lowest BCUT2D eigenvalue weighted by atomic mass is 10.1. The molecule has 102 valence electrons. The normalized spacial score (nSPS) is 12.4. The second-order valence-electron chi connectivity index (χ2n) is 4.67. The average molecular weight is 281 g/mol. The van der Waals surface area contributed by atoms with Crippen molar-refractivity contribution in [2.45, 2.75) is 26.5 Å². The summed E-state index contributed by atoms with van der Waals surface area (Å²) in [6.45, 7) is 4.61. The third kappa shape index (κ3) is 4.26. The Bertz CT molecular complexity index is 534. The van der Waals surface area contributed by atoms with E-state index in [0.717, 1.165) is 16.9 Å². The van der Waals surface area contributed by atoms with Crippen molar-refractivity contribution in [3.05, 3.63) is 46.7 Å². The summed E-state index contributed by atoms with van der Waals surface area (Å²) in [6, 6.07) is 5.98. The maximum Gasteiger partial charge on any atom is 0.119 e. The number of aliphatic hydroxyl groups excluding tert-OH is 1. The molecule has 0 aliphatic carbocycles. The van der Waals surface area contributed by atoms with Gasteiger partial charge in [-0.25, -0.2) is 0 Å². The van der Waals surface area contributed by atoms with E-state index in [1.807, 2.05) is 26.0 Å². The van der Waals surface area contributed by atoms with E-state index in [9.17, 15) is 5.11 Å². The minimum Gasteiger partial charge on any atom is -0.491 e. The first-order chi connectivity index (χ1) is 9.02. The van der Waals surface area contributed by atoms with Gasteiger partial charge in [-0.15, -0.1) is 0 Å². The van der Waals surface area contributed by atoms with Crippen molar-refractivity contribution in [3.63, 3.8) is 0 Å². The van der Waals surface area contributed by atoms with Crippen molar-refractivity contribution in [1.82, 2.24) is 9.78 Å². The Morgan fingerprint density at radius 3 is 2.58 bits per heavy atom. The minimum atomic E-state index is -0.628. The first-order valence-corrected chi connectivity index (χ1v) is 6.48. The zero-order valence-corrected chi connectivity index (χ0v) is 11.8. The maximum absolute atomic E-state index is 9.88. The van der Waals surface area contributed by atoms with E-state index >= 15 is 0 Å². The first kappa shape index (κ1) is 13.9. The summed E-state index contributed by atoms with van der Waals surface area (Å²) in [5, 5.41) is 14.4. The third-order valence-corrected chi connectivity index (χ3v) is 2.83. The monoisotopic (exact) mass is 280 g/mol. The Morgan fingerprint density at radius 1 is 1.32 bits per heavy atom. The Hall–Kier alpha value is -1.52. The van der Waals surface area contributed by atoms with E-state index in [-0.39, 0.29) is 6.61 Å². The molecule has 19 heavy (non-hydrogen) atoms. The van der Waals surface area contributed by atoms with Crippen LogP contribution in [-0.4, -0.2) is 27.6 Å². The number of rotatable bonds is 5.